The van der Waals surface area contributed by atoms with Crippen molar-refractivity contribution in [3.8, 4) is 0 Å². The van der Waals surface area contributed by atoms with Crippen molar-refractivity contribution in [3.63, 3.8) is 0 Å². The van der Waals surface area contributed by atoms with Gasteiger partial charge in [-0.15, -0.1) is 0 Å². The van der Waals surface area contributed by atoms with Gasteiger partial charge in [0.15, 0.2) is 6.10 Å². The van der Waals surface area contributed by atoms with E-state index < -0.39 is 12.1 Å². The molecule has 0 heterocycles. The SMILES string of the molecule is CC/C=C\C/C=C\C/C=C\C/C=C\C/C=C\C/C=C\C/C=C\C/C=C\CCCCCCC(=O)OCC(COC(=O)CCCCCCCCCC)OC(=O)C/C=C\C/C=C\C/C=C\C/C=C\C/C=C\CC. The second kappa shape index (κ2) is 56.6. The Kier molecular flexibility index (Phi) is 52.6. The van der Waals surface area contributed by atoms with Crippen LogP contribution in [0.25, 0.3) is 0 Å². The first kappa shape index (κ1) is 65.0. The van der Waals surface area contributed by atoms with Crippen molar-refractivity contribution in [3.05, 3.63) is 158 Å². The van der Waals surface area contributed by atoms with Crippen LogP contribution in [0.3, 0.4) is 0 Å². The van der Waals surface area contributed by atoms with Crippen LogP contribution in [0.4, 0.5) is 0 Å². The lowest BCUT2D eigenvalue weighted by Gasteiger charge is -2.18. The standard InChI is InChI=1S/C64H98O6/c1-4-7-10-13-16-19-21-23-25-26-27-28-29-30-31-32-33-34-35-36-37-38-40-41-43-45-48-51-54-57-63(66)69-60-61(59-68-62(65)56-53-50-47-18-15-12-9-6-3)70-64(67)58-55-52-49-46-44-42-39-24-22-20-17-14-11-8-5-2/h7-8,10-11,16-17,19-20,23-25,27-28,30-31,33-34,36-37,39-41,44,46,52,55,61H,4-6,9,12-15,18,21-22,26,29,32,35,38,42-43,45,47-51,53-54,56-60H2,1-3H3/b10-7-,11-8-,19-16-,20-17-,25-23-,28-27-,31-30-,34-33-,37-36-,39-24-,41-40-,46-44-,55-52-. The Labute approximate surface area is 429 Å². The van der Waals surface area contributed by atoms with E-state index in [1.165, 1.54) is 32.1 Å². The number of allylic oxidation sites excluding steroid dienone is 25. The van der Waals surface area contributed by atoms with Crippen LogP contribution in [0, 0.1) is 0 Å². The molecule has 0 aromatic heterocycles. The lowest BCUT2D eigenvalue weighted by Crippen LogP contribution is -2.30. The van der Waals surface area contributed by atoms with E-state index in [-0.39, 0.29) is 31.6 Å². The van der Waals surface area contributed by atoms with Crippen molar-refractivity contribution in [1.82, 2.24) is 0 Å². The average molecular weight is 963 g/mol. The van der Waals surface area contributed by atoms with Crippen LogP contribution < -0.4 is 0 Å². The first-order valence-corrected chi connectivity index (χ1v) is 27.5. The third-order valence-electron chi connectivity index (χ3n) is 10.8. The van der Waals surface area contributed by atoms with Crippen LogP contribution in [0.1, 0.15) is 207 Å². The van der Waals surface area contributed by atoms with E-state index >= 15 is 0 Å². The number of hydrogen-bond acceptors (Lipinski definition) is 6. The highest BCUT2D eigenvalue weighted by molar-refractivity contribution is 5.72. The molecule has 0 radical (unpaired) electrons. The fraction of sp³-hybridized carbons (Fsp3) is 0.547. The number of hydrogen-bond donors (Lipinski definition) is 0. The van der Waals surface area contributed by atoms with Crippen molar-refractivity contribution >= 4 is 17.9 Å². The molecule has 390 valence electrons. The van der Waals surface area contributed by atoms with Crippen LogP contribution >= 0.6 is 0 Å². The summed E-state index contributed by atoms with van der Waals surface area (Å²) in [7, 11) is 0. The second-order valence-corrected chi connectivity index (χ2v) is 17.4. The molecule has 6 nitrogen and oxygen atoms in total. The van der Waals surface area contributed by atoms with Crippen LogP contribution in [-0.2, 0) is 28.6 Å². The summed E-state index contributed by atoms with van der Waals surface area (Å²) in [5.74, 6) is -1.10. The molecule has 1 unspecified atom stereocenters. The summed E-state index contributed by atoms with van der Waals surface area (Å²) < 4.78 is 16.6. The van der Waals surface area contributed by atoms with Gasteiger partial charge in [-0.05, 0) is 109 Å². The number of carbonyl (C=O) groups excluding carboxylic acids is 3. The van der Waals surface area contributed by atoms with E-state index in [1.54, 1.807) is 6.08 Å². The van der Waals surface area contributed by atoms with Gasteiger partial charge in [0.1, 0.15) is 13.2 Å². The molecule has 0 N–H and O–H groups in total. The van der Waals surface area contributed by atoms with E-state index in [0.29, 0.717) is 19.3 Å². The minimum atomic E-state index is -0.847. The molecule has 0 aliphatic rings. The summed E-state index contributed by atoms with van der Waals surface area (Å²) in [4.78, 5) is 37.8. The molecule has 70 heavy (non-hydrogen) atoms. The number of unbranched alkanes of at least 4 members (excludes halogenated alkanes) is 11. The maximum atomic E-state index is 12.7. The summed E-state index contributed by atoms with van der Waals surface area (Å²) in [6.45, 7) is 6.24. The lowest BCUT2D eigenvalue weighted by atomic mass is 10.1. The Balaban J connectivity index is 4.38. The van der Waals surface area contributed by atoms with E-state index in [0.717, 1.165) is 128 Å². The molecule has 0 amide bonds. The van der Waals surface area contributed by atoms with Crippen molar-refractivity contribution < 1.29 is 28.6 Å². The third-order valence-corrected chi connectivity index (χ3v) is 10.8. The van der Waals surface area contributed by atoms with Crippen LogP contribution in [0.5, 0.6) is 0 Å². The van der Waals surface area contributed by atoms with E-state index in [2.05, 4.69) is 167 Å². The molecular weight excluding hydrogens is 865 g/mol. The monoisotopic (exact) mass is 963 g/mol. The van der Waals surface area contributed by atoms with Gasteiger partial charge in [-0.25, -0.2) is 0 Å². The lowest BCUT2D eigenvalue weighted by molar-refractivity contribution is -0.166. The normalized spacial score (nSPS) is 13.4. The largest absolute Gasteiger partial charge is 0.462 e. The first-order valence-electron chi connectivity index (χ1n) is 27.5. The molecular formula is C64H98O6. The maximum Gasteiger partial charge on any atom is 0.310 e. The molecule has 1 atom stereocenters. The number of esters is 3. The quantitative estimate of drug-likeness (QED) is 0.0262. The highest BCUT2D eigenvalue weighted by Gasteiger charge is 2.19. The van der Waals surface area contributed by atoms with Gasteiger partial charge in [0.2, 0.25) is 0 Å². The minimum Gasteiger partial charge on any atom is -0.462 e. The first-order chi connectivity index (χ1) is 34.5. The van der Waals surface area contributed by atoms with Gasteiger partial charge in [0, 0.05) is 12.8 Å². The van der Waals surface area contributed by atoms with Crippen molar-refractivity contribution in [2.24, 2.45) is 0 Å². The zero-order valence-electron chi connectivity index (χ0n) is 44.5. The Morgan fingerprint density at radius 2 is 0.600 bits per heavy atom. The van der Waals surface area contributed by atoms with Crippen molar-refractivity contribution in [2.45, 2.75) is 213 Å². The predicted molar refractivity (Wildman–Crippen MR) is 302 cm³/mol. The van der Waals surface area contributed by atoms with Gasteiger partial charge in [0.05, 0.1) is 6.42 Å². The smallest absolute Gasteiger partial charge is 0.310 e. The van der Waals surface area contributed by atoms with E-state index in [9.17, 15) is 14.4 Å². The van der Waals surface area contributed by atoms with Gasteiger partial charge in [-0.3, -0.25) is 14.4 Å². The molecule has 6 heteroatoms. The predicted octanol–water partition coefficient (Wildman–Crippen LogP) is 18.6. The summed E-state index contributed by atoms with van der Waals surface area (Å²) in [5, 5.41) is 0. The molecule has 0 saturated heterocycles. The Bertz CT molecular complexity index is 1620. The summed E-state index contributed by atoms with van der Waals surface area (Å²) in [6.07, 6.45) is 82.7. The van der Waals surface area contributed by atoms with Gasteiger partial charge in [-0.2, -0.15) is 0 Å². The van der Waals surface area contributed by atoms with Crippen molar-refractivity contribution in [1.29, 1.82) is 0 Å². The summed E-state index contributed by atoms with van der Waals surface area (Å²) >= 11 is 0. The van der Waals surface area contributed by atoms with Crippen molar-refractivity contribution in [2.75, 3.05) is 13.2 Å². The van der Waals surface area contributed by atoms with Crippen LogP contribution in [0.2, 0.25) is 0 Å². The highest BCUT2D eigenvalue weighted by atomic mass is 16.6. The fourth-order valence-corrected chi connectivity index (χ4v) is 6.77. The topological polar surface area (TPSA) is 78.9 Å². The fourth-order valence-electron chi connectivity index (χ4n) is 6.77. The van der Waals surface area contributed by atoms with E-state index in [1.807, 2.05) is 6.08 Å². The molecule has 0 rings (SSSR count). The molecule has 0 bridgehead atoms. The van der Waals surface area contributed by atoms with Gasteiger partial charge in [-0.1, -0.05) is 237 Å². The number of carbonyl (C=O) groups is 3. The zero-order valence-corrected chi connectivity index (χ0v) is 44.5. The van der Waals surface area contributed by atoms with Crippen LogP contribution in [-0.4, -0.2) is 37.2 Å². The zero-order chi connectivity index (χ0) is 50.7. The summed E-state index contributed by atoms with van der Waals surface area (Å²) in [5.41, 5.74) is 0. The Morgan fingerprint density at radius 3 is 0.943 bits per heavy atom. The van der Waals surface area contributed by atoms with E-state index in [4.69, 9.17) is 14.2 Å². The Hall–Kier alpha value is -4.97. The third kappa shape index (κ3) is 54.0. The minimum absolute atomic E-state index is 0.0845. The summed E-state index contributed by atoms with van der Waals surface area (Å²) in [6, 6.07) is 0. The molecule has 0 fully saturated rings. The number of ether oxygens (including phenoxy) is 3. The molecule has 0 aromatic rings. The maximum absolute atomic E-state index is 12.7. The Morgan fingerprint density at radius 1 is 0.314 bits per heavy atom. The molecule has 0 aliphatic carbocycles. The van der Waals surface area contributed by atoms with Gasteiger partial charge >= 0.3 is 17.9 Å². The molecule has 0 aromatic carbocycles. The highest BCUT2D eigenvalue weighted by Crippen LogP contribution is 2.12. The van der Waals surface area contributed by atoms with Crippen LogP contribution in [0.15, 0.2) is 158 Å². The molecule has 0 spiro atoms. The van der Waals surface area contributed by atoms with Gasteiger partial charge < -0.3 is 14.2 Å². The van der Waals surface area contributed by atoms with Gasteiger partial charge in [0.25, 0.3) is 0 Å². The molecule has 0 aliphatic heterocycles. The second-order valence-electron chi connectivity index (χ2n) is 17.4. The number of rotatable bonds is 47. The average Bonchev–Trinajstić information content (AvgIpc) is 3.36. The molecule has 0 saturated carbocycles.